The van der Waals surface area contributed by atoms with Crippen LogP contribution in [0.25, 0.3) is 0 Å². The van der Waals surface area contributed by atoms with Gasteiger partial charge >= 0.3 is 0 Å². The standard InChI is InChI=1S/C17H27N3O/c1-18(2)7-8-19-9-11-20(12-10-19)16-13-14-5-3-4-6-15(14)17(16)21/h3-6,16-17,21H,7-13H2,1-2H3. The van der Waals surface area contributed by atoms with E-state index in [4.69, 9.17) is 0 Å². The zero-order valence-corrected chi connectivity index (χ0v) is 13.2. The van der Waals surface area contributed by atoms with Gasteiger partial charge in [0.05, 0.1) is 6.10 Å². The van der Waals surface area contributed by atoms with Gasteiger partial charge in [-0.15, -0.1) is 0 Å². The molecule has 1 fully saturated rings. The Morgan fingerprint density at radius 2 is 1.86 bits per heavy atom. The number of hydrogen-bond donors (Lipinski definition) is 1. The number of aliphatic hydroxyl groups is 1. The van der Waals surface area contributed by atoms with Gasteiger partial charge in [0.25, 0.3) is 0 Å². The first-order valence-corrected chi connectivity index (χ1v) is 8.02. The minimum Gasteiger partial charge on any atom is -0.387 e. The predicted octanol–water partition coefficient (Wildman–Crippen LogP) is 0.824. The molecule has 3 rings (SSSR count). The van der Waals surface area contributed by atoms with Crippen molar-refractivity contribution < 1.29 is 5.11 Å². The molecule has 0 radical (unpaired) electrons. The number of rotatable bonds is 4. The first-order chi connectivity index (χ1) is 10.1. The van der Waals surface area contributed by atoms with Crippen LogP contribution in [0.2, 0.25) is 0 Å². The van der Waals surface area contributed by atoms with Crippen molar-refractivity contribution >= 4 is 0 Å². The van der Waals surface area contributed by atoms with Gasteiger partial charge < -0.3 is 10.0 Å². The molecule has 0 aromatic heterocycles. The van der Waals surface area contributed by atoms with Crippen molar-refractivity contribution in [1.82, 2.24) is 14.7 Å². The van der Waals surface area contributed by atoms with Crippen molar-refractivity contribution in [1.29, 1.82) is 0 Å². The zero-order valence-electron chi connectivity index (χ0n) is 13.2. The molecule has 116 valence electrons. The highest BCUT2D eigenvalue weighted by molar-refractivity contribution is 5.35. The fraction of sp³-hybridized carbons (Fsp3) is 0.647. The number of piperazine rings is 1. The molecule has 1 aliphatic heterocycles. The van der Waals surface area contributed by atoms with Crippen LogP contribution in [0.4, 0.5) is 0 Å². The number of aliphatic hydroxyl groups excluding tert-OH is 1. The van der Waals surface area contributed by atoms with Crippen molar-refractivity contribution in [2.75, 3.05) is 53.4 Å². The summed E-state index contributed by atoms with van der Waals surface area (Å²) in [6.07, 6.45) is 0.684. The molecule has 21 heavy (non-hydrogen) atoms. The quantitative estimate of drug-likeness (QED) is 0.889. The third-order valence-corrected chi connectivity index (χ3v) is 4.91. The van der Waals surface area contributed by atoms with E-state index in [1.54, 1.807) is 0 Å². The van der Waals surface area contributed by atoms with Gasteiger partial charge in [0.1, 0.15) is 0 Å². The number of benzene rings is 1. The number of nitrogens with zero attached hydrogens (tertiary/aromatic N) is 3. The van der Waals surface area contributed by atoms with E-state index in [-0.39, 0.29) is 12.1 Å². The van der Waals surface area contributed by atoms with Crippen LogP contribution in [0.15, 0.2) is 24.3 Å². The van der Waals surface area contributed by atoms with Gasteiger partial charge in [0.15, 0.2) is 0 Å². The molecule has 4 nitrogen and oxygen atoms in total. The van der Waals surface area contributed by atoms with Crippen LogP contribution < -0.4 is 0 Å². The lowest BCUT2D eigenvalue weighted by Crippen LogP contribution is -2.52. The predicted molar refractivity (Wildman–Crippen MR) is 85.5 cm³/mol. The van der Waals surface area contributed by atoms with Gasteiger partial charge in [-0.3, -0.25) is 9.80 Å². The van der Waals surface area contributed by atoms with Crippen LogP contribution in [0.3, 0.4) is 0 Å². The van der Waals surface area contributed by atoms with Gasteiger partial charge in [-0.2, -0.15) is 0 Å². The summed E-state index contributed by atoms with van der Waals surface area (Å²) < 4.78 is 0. The molecule has 2 atom stereocenters. The van der Waals surface area contributed by atoms with E-state index in [1.807, 2.05) is 6.07 Å². The lowest BCUT2D eigenvalue weighted by molar-refractivity contribution is 0.0265. The second kappa shape index (κ2) is 6.44. The van der Waals surface area contributed by atoms with Crippen LogP contribution in [0, 0.1) is 0 Å². The number of likely N-dealkylation sites (N-methyl/N-ethyl adjacent to an activating group) is 1. The molecule has 0 bridgehead atoms. The molecule has 4 heteroatoms. The maximum atomic E-state index is 10.6. The average molecular weight is 289 g/mol. The van der Waals surface area contributed by atoms with Crippen LogP contribution >= 0.6 is 0 Å². The molecule has 2 aliphatic rings. The van der Waals surface area contributed by atoms with Crippen LogP contribution in [-0.2, 0) is 6.42 Å². The Bertz CT molecular complexity index is 469. The zero-order chi connectivity index (χ0) is 14.8. The maximum Gasteiger partial charge on any atom is 0.0951 e. The van der Waals surface area contributed by atoms with Crippen molar-refractivity contribution in [3.63, 3.8) is 0 Å². The Kier molecular flexibility index (Phi) is 4.60. The summed E-state index contributed by atoms with van der Waals surface area (Å²) in [4.78, 5) is 7.26. The Balaban J connectivity index is 1.54. The highest BCUT2D eigenvalue weighted by atomic mass is 16.3. The molecule has 0 saturated carbocycles. The van der Waals surface area contributed by atoms with Crippen molar-refractivity contribution in [2.45, 2.75) is 18.6 Å². The van der Waals surface area contributed by atoms with E-state index in [0.717, 1.165) is 51.3 Å². The van der Waals surface area contributed by atoms with E-state index in [1.165, 1.54) is 5.56 Å². The third-order valence-electron chi connectivity index (χ3n) is 4.91. The van der Waals surface area contributed by atoms with Crippen LogP contribution in [0.5, 0.6) is 0 Å². The summed E-state index contributed by atoms with van der Waals surface area (Å²) in [5.74, 6) is 0. The Morgan fingerprint density at radius 1 is 1.14 bits per heavy atom. The topological polar surface area (TPSA) is 30.0 Å². The summed E-state index contributed by atoms with van der Waals surface area (Å²) in [5, 5.41) is 10.6. The second-order valence-corrected chi connectivity index (χ2v) is 6.60. The molecule has 0 spiro atoms. The first kappa shape index (κ1) is 15.0. The van der Waals surface area contributed by atoms with Gasteiger partial charge in [-0.1, -0.05) is 24.3 Å². The van der Waals surface area contributed by atoms with Gasteiger partial charge in [-0.25, -0.2) is 0 Å². The summed E-state index contributed by atoms with van der Waals surface area (Å²) in [7, 11) is 4.25. The van der Waals surface area contributed by atoms with Crippen LogP contribution in [-0.4, -0.2) is 79.2 Å². The molecule has 1 aromatic rings. The van der Waals surface area contributed by atoms with E-state index in [2.05, 4.69) is 47.0 Å². The largest absolute Gasteiger partial charge is 0.387 e. The van der Waals surface area contributed by atoms with Gasteiger partial charge in [0.2, 0.25) is 0 Å². The fourth-order valence-corrected chi connectivity index (χ4v) is 3.54. The van der Waals surface area contributed by atoms with Crippen LogP contribution in [0.1, 0.15) is 17.2 Å². The number of hydrogen-bond acceptors (Lipinski definition) is 4. The summed E-state index contributed by atoms with van der Waals surface area (Å²) in [6.45, 7) is 6.65. The maximum absolute atomic E-state index is 10.6. The van der Waals surface area contributed by atoms with E-state index < -0.39 is 0 Å². The van der Waals surface area contributed by atoms with Crippen molar-refractivity contribution in [3.8, 4) is 0 Å². The second-order valence-electron chi connectivity index (χ2n) is 6.60. The Hall–Kier alpha value is -0.940. The lowest BCUT2D eigenvalue weighted by Gasteiger charge is -2.39. The minimum absolute atomic E-state index is 0.276. The fourth-order valence-electron chi connectivity index (χ4n) is 3.54. The Morgan fingerprint density at radius 3 is 2.52 bits per heavy atom. The summed E-state index contributed by atoms with van der Waals surface area (Å²) >= 11 is 0. The first-order valence-electron chi connectivity index (χ1n) is 8.02. The van der Waals surface area contributed by atoms with E-state index in [0.29, 0.717) is 0 Å². The highest BCUT2D eigenvalue weighted by Gasteiger charge is 2.35. The van der Waals surface area contributed by atoms with E-state index >= 15 is 0 Å². The van der Waals surface area contributed by atoms with Gasteiger partial charge in [-0.05, 0) is 31.6 Å². The Labute approximate surface area is 128 Å². The van der Waals surface area contributed by atoms with Gasteiger partial charge in [0, 0.05) is 45.3 Å². The minimum atomic E-state index is -0.311. The third kappa shape index (κ3) is 3.29. The molecule has 1 heterocycles. The highest BCUT2D eigenvalue weighted by Crippen LogP contribution is 2.34. The molecular formula is C17H27N3O. The monoisotopic (exact) mass is 289 g/mol. The normalized spacial score (nSPS) is 27.2. The number of fused-ring (bicyclic) bond motifs is 1. The summed E-state index contributed by atoms with van der Waals surface area (Å²) in [6, 6.07) is 8.62. The summed E-state index contributed by atoms with van der Waals surface area (Å²) in [5.41, 5.74) is 2.46. The lowest BCUT2D eigenvalue weighted by atomic mass is 10.1. The van der Waals surface area contributed by atoms with Crippen molar-refractivity contribution in [3.05, 3.63) is 35.4 Å². The molecule has 1 saturated heterocycles. The average Bonchev–Trinajstić information content (AvgIpc) is 2.83. The molecule has 1 N–H and O–H groups in total. The van der Waals surface area contributed by atoms with Crippen molar-refractivity contribution in [2.24, 2.45) is 0 Å². The molecule has 0 amide bonds. The molecule has 2 unspecified atom stereocenters. The molecule has 1 aromatic carbocycles. The molecular weight excluding hydrogens is 262 g/mol. The molecule has 1 aliphatic carbocycles. The van der Waals surface area contributed by atoms with E-state index in [9.17, 15) is 5.11 Å². The SMILES string of the molecule is CN(C)CCN1CCN(C2Cc3ccccc3C2O)CC1. The smallest absolute Gasteiger partial charge is 0.0951 e.